The number of fused-ring (bicyclic) bond motifs is 1. The largest absolute Gasteiger partial charge is 0.495 e. The number of amides is 2. The van der Waals surface area contributed by atoms with Crippen LogP contribution in [0.3, 0.4) is 0 Å². The Bertz CT molecular complexity index is 1230. The smallest absolute Gasteiger partial charge is 0.254 e. The van der Waals surface area contributed by atoms with Crippen LogP contribution in [0.25, 0.3) is 0 Å². The van der Waals surface area contributed by atoms with E-state index in [1.165, 1.54) is 25.7 Å². The van der Waals surface area contributed by atoms with Crippen LogP contribution in [0.2, 0.25) is 0 Å². The van der Waals surface area contributed by atoms with Crippen molar-refractivity contribution in [2.24, 2.45) is 5.41 Å². The molecule has 9 heteroatoms. The van der Waals surface area contributed by atoms with E-state index in [1.807, 2.05) is 43.1 Å². The molecule has 38 heavy (non-hydrogen) atoms. The predicted octanol–water partition coefficient (Wildman–Crippen LogP) is 4.20. The van der Waals surface area contributed by atoms with Gasteiger partial charge >= 0.3 is 0 Å². The molecule has 1 saturated carbocycles. The van der Waals surface area contributed by atoms with Crippen LogP contribution in [0, 0.1) is 5.41 Å². The molecule has 1 aromatic carbocycles. The highest BCUT2D eigenvalue weighted by Gasteiger charge is 2.50. The Hall–Kier alpha value is -3.33. The summed E-state index contributed by atoms with van der Waals surface area (Å²) in [5.74, 6) is 2.21. The molecule has 1 N–H and O–H groups in total. The SMILES string of the molecule is COc1cc(C(=O)N2CC3(COC3)C2)ccc1Nc1ccc2c(n1)N(C1CCCCCC1)[C@@H](C)C(=O)N2C. The fraction of sp³-hybridized carbons (Fsp3) is 0.552. The van der Waals surface area contributed by atoms with Crippen molar-refractivity contribution in [3.63, 3.8) is 0 Å². The Morgan fingerprint density at radius 1 is 1.11 bits per heavy atom. The molecule has 3 fully saturated rings. The standard InChI is InChI=1S/C29H37N5O4/c1-19-27(35)32(2)23-12-13-25(31-26(23)34(19)21-8-6-4-5-7-9-21)30-22-11-10-20(14-24(22)37-3)28(36)33-15-29(16-33)17-38-18-29/h10-14,19,21H,4-9,15-18H2,1-3H3,(H,30,31)/t19-/m0/s1. The van der Waals surface area contributed by atoms with Crippen LogP contribution in [0.5, 0.6) is 5.75 Å². The summed E-state index contributed by atoms with van der Waals surface area (Å²) in [6.45, 7) is 4.99. The Kier molecular flexibility index (Phi) is 6.42. The Morgan fingerprint density at radius 3 is 2.50 bits per heavy atom. The molecule has 2 saturated heterocycles. The second-order valence-corrected chi connectivity index (χ2v) is 11.4. The van der Waals surface area contributed by atoms with Crippen molar-refractivity contribution < 1.29 is 19.1 Å². The molecule has 2 amide bonds. The van der Waals surface area contributed by atoms with Gasteiger partial charge in [0.1, 0.15) is 17.6 Å². The molecule has 1 atom stereocenters. The molecular weight excluding hydrogens is 482 g/mol. The molecule has 1 aliphatic carbocycles. The molecule has 4 heterocycles. The highest BCUT2D eigenvalue weighted by molar-refractivity contribution is 6.04. The number of carbonyl (C=O) groups excluding carboxylic acids is 2. The summed E-state index contributed by atoms with van der Waals surface area (Å²) in [7, 11) is 3.43. The first-order valence-electron chi connectivity index (χ1n) is 13.8. The van der Waals surface area contributed by atoms with E-state index in [0.717, 1.165) is 56.3 Å². The van der Waals surface area contributed by atoms with Gasteiger partial charge in [0.25, 0.3) is 5.91 Å². The third kappa shape index (κ3) is 4.26. The zero-order valence-corrected chi connectivity index (χ0v) is 22.5. The molecule has 1 aromatic heterocycles. The zero-order valence-electron chi connectivity index (χ0n) is 22.5. The Labute approximate surface area is 224 Å². The first-order chi connectivity index (χ1) is 18.4. The van der Waals surface area contributed by atoms with Gasteiger partial charge < -0.3 is 29.5 Å². The van der Waals surface area contributed by atoms with Crippen molar-refractivity contribution in [3.05, 3.63) is 35.9 Å². The van der Waals surface area contributed by atoms with E-state index >= 15 is 0 Å². The number of benzene rings is 1. The lowest BCUT2D eigenvalue weighted by atomic mass is 9.78. The van der Waals surface area contributed by atoms with Gasteiger partial charge in [-0.1, -0.05) is 25.7 Å². The second kappa shape index (κ2) is 9.76. The Morgan fingerprint density at radius 2 is 1.84 bits per heavy atom. The molecule has 0 unspecified atom stereocenters. The van der Waals surface area contributed by atoms with Gasteiger partial charge in [0.15, 0.2) is 5.82 Å². The van der Waals surface area contributed by atoms with Crippen molar-refractivity contribution in [2.45, 2.75) is 57.5 Å². The van der Waals surface area contributed by atoms with Crippen LogP contribution in [0.15, 0.2) is 30.3 Å². The maximum absolute atomic E-state index is 13.1. The molecule has 202 valence electrons. The molecule has 4 aliphatic rings. The number of likely N-dealkylation sites (tertiary alicyclic amines) is 1. The minimum atomic E-state index is -0.259. The summed E-state index contributed by atoms with van der Waals surface area (Å²) in [6, 6.07) is 9.40. The third-order valence-corrected chi connectivity index (χ3v) is 8.65. The number of pyridine rings is 1. The highest BCUT2D eigenvalue weighted by atomic mass is 16.5. The van der Waals surface area contributed by atoms with Gasteiger partial charge in [-0.25, -0.2) is 4.98 Å². The third-order valence-electron chi connectivity index (χ3n) is 8.65. The van der Waals surface area contributed by atoms with E-state index in [4.69, 9.17) is 14.5 Å². The van der Waals surface area contributed by atoms with Crippen molar-refractivity contribution in [2.75, 3.05) is 55.6 Å². The summed E-state index contributed by atoms with van der Waals surface area (Å²) >= 11 is 0. The molecule has 9 nitrogen and oxygen atoms in total. The number of likely N-dealkylation sites (N-methyl/N-ethyl adjacent to an activating group) is 1. The number of nitrogens with one attached hydrogen (secondary N) is 1. The quantitative estimate of drug-likeness (QED) is 0.593. The lowest BCUT2D eigenvalue weighted by Gasteiger charge is -2.54. The average molecular weight is 520 g/mol. The maximum Gasteiger partial charge on any atom is 0.254 e. The van der Waals surface area contributed by atoms with Crippen LogP contribution in [0.1, 0.15) is 55.8 Å². The van der Waals surface area contributed by atoms with Crippen molar-refractivity contribution in [1.29, 1.82) is 0 Å². The number of hydrogen-bond acceptors (Lipinski definition) is 7. The number of carbonyl (C=O) groups is 2. The highest BCUT2D eigenvalue weighted by Crippen LogP contribution is 2.41. The van der Waals surface area contributed by atoms with Crippen LogP contribution < -0.4 is 19.9 Å². The van der Waals surface area contributed by atoms with E-state index < -0.39 is 0 Å². The number of ether oxygens (including phenoxy) is 2. The topological polar surface area (TPSA) is 87.2 Å². The van der Waals surface area contributed by atoms with Crippen molar-refractivity contribution in [1.82, 2.24) is 9.88 Å². The fourth-order valence-corrected chi connectivity index (χ4v) is 6.42. The first kappa shape index (κ1) is 25.0. The first-order valence-corrected chi connectivity index (χ1v) is 13.8. The number of nitrogens with zero attached hydrogens (tertiary/aromatic N) is 4. The Balaban J connectivity index is 1.25. The van der Waals surface area contributed by atoms with Crippen LogP contribution in [-0.4, -0.2) is 74.2 Å². The summed E-state index contributed by atoms with van der Waals surface area (Å²) in [4.78, 5) is 37.0. The summed E-state index contributed by atoms with van der Waals surface area (Å²) in [5.41, 5.74) is 2.35. The van der Waals surface area contributed by atoms with Crippen LogP contribution in [-0.2, 0) is 9.53 Å². The minimum Gasteiger partial charge on any atom is -0.495 e. The number of rotatable bonds is 5. The van der Waals surface area contributed by atoms with Gasteiger partial charge in [0.2, 0.25) is 5.91 Å². The monoisotopic (exact) mass is 519 g/mol. The average Bonchev–Trinajstić information content (AvgIpc) is 3.15. The molecule has 1 spiro atoms. The van der Waals surface area contributed by atoms with Crippen molar-refractivity contribution >= 4 is 34.8 Å². The normalized spacial score (nSPS) is 22.9. The maximum atomic E-state index is 13.1. The number of anilines is 4. The van der Waals surface area contributed by atoms with Gasteiger partial charge in [0, 0.05) is 31.7 Å². The zero-order chi connectivity index (χ0) is 26.4. The van der Waals surface area contributed by atoms with E-state index in [9.17, 15) is 9.59 Å². The van der Waals surface area contributed by atoms with Gasteiger partial charge in [-0.15, -0.1) is 0 Å². The molecule has 6 rings (SSSR count). The molecule has 3 aliphatic heterocycles. The fourth-order valence-electron chi connectivity index (χ4n) is 6.42. The van der Waals surface area contributed by atoms with E-state index in [2.05, 4.69) is 10.2 Å². The van der Waals surface area contributed by atoms with Gasteiger partial charge in [-0.2, -0.15) is 0 Å². The number of aromatic nitrogens is 1. The van der Waals surface area contributed by atoms with E-state index in [1.54, 1.807) is 18.1 Å². The van der Waals surface area contributed by atoms with Crippen LogP contribution >= 0.6 is 0 Å². The number of methoxy groups -OCH3 is 1. The lowest BCUT2D eigenvalue weighted by Crippen LogP contribution is -2.67. The predicted molar refractivity (Wildman–Crippen MR) is 147 cm³/mol. The molecule has 0 radical (unpaired) electrons. The lowest BCUT2D eigenvalue weighted by molar-refractivity contribution is -0.176. The summed E-state index contributed by atoms with van der Waals surface area (Å²) in [5, 5.41) is 3.40. The van der Waals surface area contributed by atoms with E-state index in [0.29, 0.717) is 23.2 Å². The second-order valence-electron chi connectivity index (χ2n) is 11.4. The summed E-state index contributed by atoms with van der Waals surface area (Å²) in [6.07, 6.45) is 7.02. The van der Waals surface area contributed by atoms with Gasteiger partial charge in [-0.05, 0) is 50.1 Å². The van der Waals surface area contributed by atoms with Crippen molar-refractivity contribution in [3.8, 4) is 5.75 Å². The van der Waals surface area contributed by atoms with Crippen LogP contribution in [0.4, 0.5) is 23.0 Å². The summed E-state index contributed by atoms with van der Waals surface area (Å²) < 4.78 is 11.0. The van der Waals surface area contributed by atoms with Gasteiger partial charge in [-0.3, -0.25) is 9.59 Å². The molecule has 2 aromatic rings. The van der Waals surface area contributed by atoms with Gasteiger partial charge in [0.05, 0.1) is 37.1 Å². The minimum absolute atomic E-state index is 0.0139. The molecule has 0 bridgehead atoms. The van der Waals surface area contributed by atoms with E-state index in [-0.39, 0.29) is 23.3 Å². The number of hydrogen-bond donors (Lipinski definition) is 1. The molecular formula is C29H37N5O4.